The fourth-order valence-corrected chi connectivity index (χ4v) is 6.15. The standard InChI is InChI=1S/C21H18INO6S2/c22-17-12-16(10-11-19(17)29-13-15-6-2-1-3-7-15)18(24)14-30(25,26)20-8-4-5-9-21(20)31(23,27)28/h1-12H,13-14H2,(H2,23,27,28). The van der Waals surface area contributed by atoms with E-state index < -0.39 is 41.2 Å². The average molecular weight is 571 g/mol. The molecule has 2 N–H and O–H groups in total. The van der Waals surface area contributed by atoms with Crippen LogP contribution in [0.1, 0.15) is 15.9 Å². The smallest absolute Gasteiger partial charge is 0.239 e. The predicted octanol–water partition coefficient (Wildman–Crippen LogP) is 3.17. The van der Waals surface area contributed by atoms with Gasteiger partial charge >= 0.3 is 0 Å². The summed E-state index contributed by atoms with van der Waals surface area (Å²) < 4.78 is 55.3. The topological polar surface area (TPSA) is 121 Å². The van der Waals surface area contributed by atoms with Gasteiger partial charge in [-0.1, -0.05) is 42.5 Å². The van der Waals surface area contributed by atoms with Crippen LogP contribution in [0.3, 0.4) is 0 Å². The molecule has 0 saturated carbocycles. The molecule has 0 saturated heterocycles. The molecule has 0 radical (unpaired) electrons. The van der Waals surface area contributed by atoms with Crippen LogP contribution < -0.4 is 9.88 Å². The summed E-state index contributed by atoms with van der Waals surface area (Å²) in [7, 11) is -8.50. The first-order chi connectivity index (χ1) is 14.6. The van der Waals surface area contributed by atoms with Crippen molar-refractivity contribution in [2.24, 2.45) is 5.14 Å². The summed E-state index contributed by atoms with van der Waals surface area (Å²) in [5.41, 5.74) is 1.16. The van der Waals surface area contributed by atoms with Crippen LogP contribution in [0.4, 0.5) is 0 Å². The molecule has 0 fully saturated rings. The molecule has 3 aromatic carbocycles. The first-order valence-corrected chi connectivity index (χ1v) is 13.2. The molecular weight excluding hydrogens is 553 g/mol. The molecule has 0 aliphatic heterocycles. The minimum atomic E-state index is -4.27. The van der Waals surface area contributed by atoms with Crippen LogP contribution in [-0.4, -0.2) is 28.4 Å². The number of ketones is 1. The number of ether oxygens (including phenoxy) is 1. The third-order valence-corrected chi connectivity index (χ3v) is 7.91. The zero-order chi connectivity index (χ0) is 22.6. The lowest BCUT2D eigenvalue weighted by Crippen LogP contribution is -2.21. The summed E-state index contributed by atoms with van der Waals surface area (Å²) >= 11 is 2.00. The van der Waals surface area contributed by atoms with Crippen LogP contribution in [-0.2, 0) is 26.5 Å². The lowest BCUT2D eigenvalue weighted by Gasteiger charge is -2.11. The molecule has 31 heavy (non-hydrogen) atoms. The number of benzene rings is 3. The van der Waals surface area contributed by atoms with Gasteiger partial charge in [0, 0.05) is 5.56 Å². The molecule has 0 atom stereocenters. The predicted molar refractivity (Wildman–Crippen MR) is 124 cm³/mol. The summed E-state index contributed by atoms with van der Waals surface area (Å²) in [5, 5.41) is 5.11. The molecular formula is C21H18INO6S2. The van der Waals surface area contributed by atoms with Gasteiger partial charge in [-0.15, -0.1) is 0 Å². The van der Waals surface area contributed by atoms with Crippen LogP contribution in [0, 0.1) is 3.57 Å². The molecule has 0 aliphatic rings. The molecule has 3 rings (SSSR count). The maximum atomic E-state index is 12.7. The molecule has 0 aromatic heterocycles. The number of carbonyl (C=O) groups excluding carboxylic acids is 1. The molecule has 162 valence electrons. The van der Waals surface area contributed by atoms with Gasteiger partial charge in [-0.2, -0.15) is 0 Å². The second-order valence-electron chi connectivity index (χ2n) is 6.59. The molecule has 3 aromatic rings. The lowest BCUT2D eigenvalue weighted by atomic mass is 10.1. The van der Waals surface area contributed by atoms with Crippen molar-refractivity contribution in [3.8, 4) is 5.75 Å². The van der Waals surface area contributed by atoms with Gasteiger partial charge in [0.1, 0.15) is 23.0 Å². The minimum absolute atomic E-state index is 0.174. The number of rotatable bonds is 8. The summed E-state index contributed by atoms with van der Waals surface area (Å²) in [6.45, 7) is 0.350. The molecule has 0 amide bonds. The Kier molecular flexibility index (Phi) is 7.14. The third kappa shape index (κ3) is 5.91. The Morgan fingerprint density at radius 2 is 1.48 bits per heavy atom. The highest BCUT2D eigenvalue weighted by Gasteiger charge is 2.27. The summed E-state index contributed by atoms with van der Waals surface area (Å²) in [6, 6.07) is 19.1. The average Bonchev–Trinajstić information content (AvgIpc) is 2.72. The fraction of sp³-hybridized carbons (Fsp3) is 0.0952. The quantitative estimate of drug-likeness (QED) is 0.328. The normalized spacial score (nSPS) is 11.8. The Balaban J connectivity index is 1.79. The van der Waals surface area contributed by atoms with Gasteiger partial charge in [-0.05, 0) is 58.5 Å². The Bertz CT molecular complexity index is 1320. The number of halogens is 1. The van der Waals surface area contributed by atoms with Crippen LogP contribution in [0.15, 0.2) is 82.6 Å². The number of nitrogens with two attached hydrogens (primary N) is 1. The van der Waals surface area contributed by atoms with Crippen molar-refractivity contribution in [2.45, 2.75) is 16.4 Å². The number of Topliss-reactive ketones (excluding diaryl/α,β-unsaturated/α-hetero) is 1. The van der Waals surface area contributed by atoms with E-state index in [0.29, 0.717) is 15.9 Å². The van der Waals surface area contributed by atoms with Crippen molar-refractivity contribution >= 4 is 48.2 Å². The largest absolute Gasteiger partial charge is 0.488 e. The number of carbonyl (C=O) groups is 1. The van der Waals surface area contributed by atoms with E-state index in [4.69, 9.17) is 9.88 Å². The Morgan fingerprint density at radius 1 is 0.871 bits per heavy atom. The van der Waals surface area contributed by atoms with E-state index in [1.807, 2.05) is 52.9 Å². The number of sulfone groups is 1. The first kappa shape index (κ1) is 23.4. The van der Waals surface area contributed by atoms with Crippen LogP contribution in [0.25, 0.3) is 0 Å². The Hall–Kier alpha value is -2.28. The Morgan fingerprint density at radius 3 is 2.10 bits per heavy atom. The highest BCUT2D eigenvalue weighted by atomic mass is 127. The second kappa shape index (κ2) is 9.47. The van der Waals surface area contributed by atoms with Crippen LogP contribution in [0.5, 0.6) is 5.75 Å². The fourth-order valence-electron chi connectivity index (χ4n) is 2.80. The van der Waals surface area contributed by atoms with E-state index >= 15 is 0 Å². The first-order valence-electron chi connectivity index (χ1n) is 8.92. The van der Waals surface area contributed by atoms with Gasteiger partial charge < -0.3 is 4.74 Å². The zero-order valence-corrected chi connectivity index (χ0v) is 19.9. The number of primary sulfonamides is 1. The molecule has 0 heterocycles. The summed E-state index contributed by atoms with van der Waals surface area (Å²) in [4.78, 5) is 11.6. The van der Waals surface area contributed by atoms with E-state index in [1.54, 1.807) is 6.07 Å². The number of hydrogen-bond donors (Lipinski definition) is 1. The van der Waals surface area contributed by atoms with E-state index in [9.17, 15) is 21.6 Å². The third-order valence-electron chi connectivity index (χ3n) is 4.30. The highest BCUT2D eigenvalue weighted by Crippen LogP contribution is 2.25. The van der Waals surface area contributed by atoms with E-state index in [2.05, 4.69) is 0 Å². The van der Waals surface area contributed by atoms with Gasteiger partial charge in [-0.25, -0.2) is 22.0 Å². The molecule has 7 nitrogen and oxygen atoms in total. The molecule has 10 heteroatoms. The molecule has 0 spiro atoms. The highest BCUT2D eigenvalue weighted by molar-refractivity contribution is 14.1. The molecule has 0 aliphatic carbocycles. The molecule has 0 bridgehead atoms. The van der Waals surface area contributed by atoms with Crippen molar-refractivity contribution in [3.63, 3.8) is 0 Å². The van der Waals surface area contributed by atoms with Crippen molar-refractivity contribution in [1.29, 1.82) is 0 Å². The summed E-state index contributed by atoms with van der Waals surface area (Å²) in [5.74, 6) is -1.00. The van der Waals surface area contributed by atoms with Gasteiger partial charge in [0.2, 0.25) is 10.0 Å². The minimum Gasteiger partial charge on any atom is -0.488 e. The molecule has 0 unspecified atom stereocenters. The Labute approximate surface area is 194 Å². The van der Waals surface area contributed by atoms with E-state index in [0.717, 1.165) is 17.7 Å². The van der Waals surface area contributed by atoms with Gasteiger partial charge in [-0.3, -0.25) is 4.79 Å². The number of hydrogen-bond acceptors (Lipinski definition) is 6. The van der Waals surface area contributed by atoms with Gasteiger partial charge in [0.05, 0.1) is 8.47 Å². The van der Waals surface area contributed by atoms with E-state index in [1.165, 1.54) is 24.3 Å². The van der Waals surface area contributed by atoms with Gasteiger partial charge in [0.25, 0.3) is 0 Å². The zero-order valence-electron chi connectivity index (χ0n) is 16.1. The van der Waals surface area contributed by atoms with Crippen LogP contribution in [0.2, 0.25) is 0 Å². The SMILES string of the molecule is NS(=O)(=O)c1ccccc1S(=O)(=O)CC(=O)c1ccc(OCc2ccccc2)c(I)c1. The van der Waals surface area contributed by atoms with Crippen molar-refractivity contribution in [2.75, 3.05) is 5.75 Å². The van der Waals surface area contributed by atoms with Crippen molar-refractivity contribution < 1.29 is 26.4 Å². The monoisotopic (exact) mass is 571 g/mol. The lowest BCUT2D eigenvalue weighted by molar-refractivity contribution is 0.102. The summed E-state index contributed by atoms with van der Waals surface area (Å²) in [6.07, 6.45) is 0. The van der Waals surface area contributed by atoms with E-state index in [-0.39, 0.29) is 5.56 Å². The van der Waals surface area contributed by atoms with Gasteiger partial charge in [0.15, 0.2) is 15.6 Å². The van der Waals surface area contributed by atoms with Crippen molar-refractivity contribution in [3.05, 3.63) is 87.5 Å². The van der Waals surface area contributed by atoms with Crippen molar-refractivity contribution in [1.82, 2.24) is 0 Å². The second-order valence-corrected chi connectivity index (χ2v) is 11.2. The number of sulfonamides is 1. The maximum absolute atomic E-state index is 12.7. The van der Waals surface area contributed by atoms with Crippen LogP contribution >= 0.6 is 22.6 Å². The maximum Gasteiger partial charge on any atom is 0.239 e.